The van der Waals surface area contributed by atoms with Gasteiger partial charge < -0.3 is 10.4 Å². The maximum Gasteiger partial charge on any atom is 0.230 e. The Kier molecular flexibility index (Phi) is 4.78. The SMILES string of the molecule is O=C(Nc1nccs1)[C@@H]1CN2CC[C@@H]1C[C@@H]2Cn1cc(CCO)nn1. The molecule has 5 heterocycles. The lowest BCUT2D eigenvalue weighted by atomic mass is 9.75. The van der Waals surface area contributed by atoms with E-state index in [1.165, 1.54) is 11.3 Å². The number of hydrogen-bond donors (Lipinski definition) is 2. The van der Waals surface area contributed by atoms with E-state index in [4.69, 9.17) is 5.11 Å². The maximum atomic E-state index is 12.6. The molecule has 0 spiro atoms. The summed E-state index contributed by atoms with van der Waals surface area (Å²) >= 11 is 1.45. The molecule has 8 nitrogen and oxygen atoms in total. The molecule has 134 valence electrons. The van der Waals surface area contributed by atoms with E-state index < -0.39 is 0 Å². The Balaban J connectivity index is 1.37. The summed E-state index contributed by atoms with van der Waals surface area (Å²) in [4.78, 5) is 19.1. The van der Waals surface area contributed by atoms with Crippen LogP contribution in [0.1, 0.15) is 18.5 Å². The summed E-state index contributed by atoms with van der Waals surface area (Å²) in [5.41, 5.74) is 0.819. The summed E-state index contributed by atoms with van der Waals surface area (Å²) in [7, 11) is 0. The Labute approximate surface area is 149 Å². The molecule has 5 rings (SSSR count). The lowest BCUT2D eigenvalue weighted by molar-refractivity contribution is -0.127. The topological polar surface area (TPSA) is 96.2 Å². The van der Waals surface area contributed by atoms with Gasteiger partial charge >= 0.3 is 0 Å². The van der Waals surface area contributed by atoms with Crippen molar-refractivity contribution in [2.45, 2.75) is 31.8 Å². The number of aliphatic hydroxyl groups is 1. The molecule has 1 unspecified atom stereocenters. The molecule has 0 aliphatic carbocycles. The number of thiazole rings is 1. The predicted octanol–water partition coefficient (Wildman–Crippen LogP) is 0.618. The van der Waals surface area contributed by atoms with Crippen molar-refractivity contribution in [2.24, 2.45) is 11.8 Å². The van der Waals surface area contributed by atoms with Gasteiger partial charge in [-0.05, 0) is 25.3 Å². The highest BCUT2D eigenvalue weighted by Crippen LogP contribution is 2.37. The number of piperidine rings is 3. The lowest BCUT2D eigenvalue weighted by Crippen LogP contribution is -2.57. The summed E-state index contributed by atoms with van der Waals surface area (Å²) in [6.07, 6.45) is 6.23. The first kappa shape index (κ1) is 16.6. The number of anilines is 1. The van der Waals surface area contributed by atoms with Gasteiger partial charge in [-0.3, -0.25) is 14.4 Å². The van der Waals surface area contributed by atoms with Crippen LogP contribution in [0.2, 0.25) is 0 Å². The van der Waals surface area contributed by atoms with Gasteiger partial charge in [-0.25, -0.2) is 4.98 Å². The van der Waals surface area contributed by atoms with E-state index in [2.05, 4.69) is 25.5 Å². The molecule has 2 aromatic heterocycles. The zero-order valence-electron chi connectivity index (χ0n) is 13.9. The number of amides is 1. The average Bonchev–Trinajstić information content (AvgIpc) is 3.28. The van der Waals surface area contributed by atoms with Crippen LogP contribution in [-0.4, -0.2) is 61.6 Å². The Bertz CT molecular complexity index is 718. The minimum absolute atomic E-state index is 0.0367. The molecule has 9 heteroatoms. The molecule has 0 saturated carbocycles. The molecule has 0 radical (unpaired) electrons. The molecule has 25 heavy (non-hydrogen) atoms. The van der Waals surface area contributed by atoms with E-state index in [1.807, 2.05) is 16.3 Å². The minimum Gasteiger partial charge on any atom is -0.396 e. The van der Waals surface area contributed by atoms with Crippen LogP contribution in [0.15, 0.2) is 17.8 Å². The first-order valence-corrected chi connectivity index (χ1v) is 9.55. The van der Waals surface area contributed by atoms with Gasteiger partial charge in [0.1, 0.15) is 0 Å². The predicted molar refractivity (Wildman–Crippen MR) is 93.1 cm³/mol. The largest absolute Gasteiger partial charge is 0.396 e. The van der Waals surface area contributed by atoms with Crippen molar-refractivity contribution in [1.82, 2.24) is 24.9 Å². The standard InChI is InChI=1S/C16H22N6O2S/c23-5-2-12-8-22(20-19-12)9-13-7-11-1-4-21(13)10-14(11)15(24)18-16-17-3-6-25-16/h3,6,8,11,13-14,23H,1-2,4-5,7,9-10H2,(H,17,18,24)/t11-,13-,14-/m1/s1. The second-order valence-corrected chi connectivity index (χ2v) is 7.67. The molecule has 3 aliphatic heterocycles. The zero-order chi connectivity index (χ0) is 17.2. The Morgan fingerprint density at radius 3 is 3.12 bits per heavy atom. The van der Waals surface area contributed by atoms with Gasteiger partial charge in [0.15, 0.2) is 5.13 Å². The van der Waals surface area contributed by atoms with Gasteiger partial charge in [0.25, 0.3) is 0 Å². The van der Waals surface area contributed by atoms with Gasteiger partial charge in [-0.2, -0.15) is 0 Å². The van der Waals surface area contributed by atoms with Gasteiger partial charge in [0.2, 0.25) is 5.91 Å². The number of aliphatic hydroxyl groups excluding tert-OH is 1. The normalized spacial score (nSPS) is 28.2. The van der Waals surface area contributed by atoms with E-state index in [0.29, 0.717) is 23.5 Å². The Morgan fingerprint density at radius 1 is 1.48 bits per heavy atom. The van der Waals surface area contributed by atoms with Crippen LogP contribution in [0.25, 0.3) is 0 Å². The van der Waals surface area contributed by atoms with Crippen molar-refractivity contribution in [2.75, 3.05) is 25.0 Å². The van der Waals surface area contributed by atoms with E-state index in [1.54, 1.807) is 6.20 Å². The van der Waals surface area contributed by atoms with Crippen LogP contribution < -0.4 is 5.32 Å². The molecule has 4 atom stereocenters. The smallest absolute Gasteiger partial charge is 0.230 e. The van der Waals surface area contributed by atoms with Crippen LogP contribution in [0, 0.1) is 11.8 Å². The maximum absolute atomic E-state index is 12.6. The number of rotatable bonds is 6. The first-order valence-electron chi connectivity index (χ1n) is 8.67. The number of nitrogens with one attached hydrogen (secondary N) is 1. The first-order chi connectivity index (χ1) is 12.2. The van der Waals surface area contributed by atoms with Crippen LogP contribution in [0.5, 0.6) is 0 Å². The fraction of sp³-hybridized carbons (Fsp3) is 0.625. The fourth-order valence-corrected chi connectivity index (χ4v) is 4.51. The molecular formula is C16H22N6O2S. The van der Waals surface area contributed by atoms with E-state index in [0.717, 1.165) is 38.2 Å². The number of fused-ring (bicyclic) bond motifs is 3. The third kappa shape index (κ3) is 3.58. The molecule has 2 bridgehead atoms. The van der Waals surface area contributed by atoms with Crippen molar-refractivity contribution in [3.05, 3.63) is 23.5 Å². The summed E-state index contributed by atoms with van der Waals surface area (Å²) in [5.74, 6) is 0.541. The summed E-state index contributed by atoms with van der Waals surface area (Å²) in [6.45, 7) is 2.71. The number of hydrogen-bond acceptors (Lipinski definition) is 7. The lowest BCUT2D eigenvalue weighted by Gasteiger charge is -2.49. The molecular weight excluding hydrogens is 340 g/mol. The van der Waals surface area contributed by atoms with Crippen molar-refractivity contribution in [3.63, 3.8) is 0 Å². The fourth-order valence-electron chi connectivity index (χ4n) is 3.98. The number of nitrogens with zero attached hydrogens (tertiary/aromatic N) is 5. The molecule has 3 aliphatic rings. The van der Waals surface area contributed by atoms with Crippen molar-refractivity contribution < 1.29 is 9.90 Å². The highest BCUT2D eigenvalue weighted by atomic mass is 32.1. The Morgan fingerprint density at radius 2 is 2.40 bits per heavy atom. The Hall–Kier alpha value is -1.84. The second-order valence-electron chi connectivity index (χ2n) is 6.77. The van der Waals surface area contributed by atoms with Crippen LogP contribution >= 0.6 is 11.3 Å². The van der Waals surface area contributed by atoms with Crippen molar-refractivity contribution >= 4 is 22.4 Å². The van der Waals surface area contributed by atoms with Gasteiger partial charge in [0, 0.05) is 43.4 Å². The molecule has 3 fully saturated rings. The molecule has 0 aromatic carbocycles. The molecule has 2 aromatic rings. The molecule has 2 N–H and O–H groups in total. The number of aromatic nitrogens is 4. The third-order valence-electron chi connectivity index (χ3n) is 5.23. The van der Waals surface area contributed by atoms with Crippen LogP contribution in [0.3, 0.4) is 0 Å². The van der Waals surface area contributed by atoms with Crippen LogP contribution in [0.4, 0.5) is 5.13 Å². The highest BCUT2D eigenvalue weighted by Gasteiger charge is 2.43. The third-order valence-corrected chi connectivity index (χ3v) is 5.92. The number of carbonyl (C=O) groups excluding carboxylic acids is 1. The molecule has 1 amide bonds. The number of carbonyl (C=O) groups is 1. The monoisotopic (exact) mass is 362 g/mol. The summed E-state index contributed by atoms with van der Waals surface area (Å²) in [6, 6.07) is 0.395. The second kappa shape index (κ2) is 7.19. The highest BCUT2D eigenvalue weighted by molar-refractivity contribution is 7.13. The van der Waals surface area contributed by atoms with E-state index in [-0.39, 0.29) is 18.4 Å². The van der Waals surface area contributed by atoms with Gasteiger partial charge in [-0.15, -0.1) is 16.4 Å². The van der Waals surface area contributed by atoms with Crippen LogP contribution in [-0.2, 0) is 17.8 Å². The van der Waals surface area contributed by atoms with Crippen molar-refractivity contribution in [3.8, 4) is 0 Å². The van der Waals surface area contributed by atoms with E-state index in [9.17, 15) is 4.79 Å². The van der Waals surface area contributed by atoms with Crippen molar-refractivity contribution in [1.29, 1.82) is 0 Å². The van der Waals surface area contributed by atoms with Gasteiger partial charge in [0.05, 0.1) is 18.2 Å². The van der Waals surface area contributed by atoms with Gasteiger partial charge in [-0.1, -0.05) is 5.21 Å². The average molecular weight is 362 g/mol. The summed E-state index contributed by atoms with van der Waals surface area (Å²) < 4.78 is 1.86. The minimum atomic E-state index is 0.0367. The quantitative estimate of drug-likeness (QED) is 0.782. The zero-order valence-corrected chi connectivity index (χ0v) is 14.7. The summed E-state index contributed by atoms with van der Waals surface area (Å²) in [5, 5.41) is 22.7. The van der Waals surface area contributed by atoms with E-state index >= 15 is 0 Å². The molecule has 3 saturated heterocycles.